The first-order chi connectivity index (χ1) is 8.79. The molecule has 3 atom stereocenters. The molecule has 0 aromatic carbocycles. The zero-order valence-corrected chi connectivity index (χ0v) is 13.0. The Morgan fingerprint density at radius 3 is 2.94 bits per heavy atom. The molecule has 2 nitrogen and oxygen atoms in total. The van der Waals surface area contributed by atoms with Crippen LogP contribution in [-0.2, 0) is 0 Å². The summed E-state index contributed by atoms with van der Waals surface area (Å²) < 4.78 is 1.20. The Morgan fingerprint density at radius 2 is 2.22 bits per heavy atom. The van der Waals surface area contributed by atoms with E-state index in [1.165, 1.54) is 48.0 Å². The number of piperidine rings is 1. The highest BCUT2D eigenvalue weighted by Gasteiger charge is 2.38. The minimum atomic E-state index is 0.437. The summed E-state index contributed by atoms with van der Waals surface area (Å²) in [4.78, 5) is 4.14. The van der Waals surface area contributed by atoms with Gasteiger partial charge >= 0.3 is 0 Å². The third kappa shape index (κ3) is 2.40. The van der Waals surface area contributed by atoms with Crippen molar-refractivity contribution in [3.63, 3.8) is 0 Å². The largest absolute Gasteiger partial charge is 0.329 e. The van der Waals surface area contributed by atoms with Crippen LogP contribution in [-0.4, -0.2) is 24.0 Å². The highest BCUT2D eigenvalue weighted by Crippen LogP contribution is 2.41. The molecule has 2 N–H and O–H groups in total. The Bertz CT molecular complexity index is 406. The van der Waals surface area contributed by atoms with Gasteiger partial charge in [-0.2, -0.15) is 0 Å². The molecule has 1 aromatic rings. The van der Waals surface area contributed by atoms with E-state index in [1.807, 2.05) is 11.3 Å². The minimum absolute atomic E-state index is 0.437. The van der Waals surface area contributed by atoms with Gasteiger partial charge in [-0.25, -0.2) is 0 Å². The Morgan fingerprint density at radius 1 is 1.39 bits per heavy atom. The van der Waals surface area contributed by atoms with E-state index in [2.05, 4.69) is 32.3 Å². The lowest BCUT2D eigenvalue weighted by Gasteiger charge is -2.42. The van der Waals surface area contributed by atoms with Crippen molar-refractivity contribution in [2.24, 2.45) is 11.7 Å². The van der Waals surface area contributed by atoms with E-state index in [4.69, 9.17) is 5.73 Å². The number of nitrogens with zero attached hydrogens (tertiary/aromatic N) is 1. The van der Waals surface area contributed by atoms with Crippen LogP contribution in [0.2, 0.25) is 0 Å². The quantitative estimate of drug-likeness (QED) is 0.914. The molecule has 1 aliphatic carbocycles. The van der Waals surface area contributed by atoms with Crippen molar-refractivity contribution in [3.8, 4) is 0 Å². The normalized spacial score (nSPS) is 30.3. The van der Waals surface area contributed by atoms with Crippen molar-refractivity contribution in [1.29, 1.82) is 0 Å². The SMILES string of the molecule is NCC(c1cc(Br)cs1)N1CCCC2CCCC21. The number of rotatable bonds is 3. The summed E-state index contributed by atoms with van der Waals surface area (Å²) in [5, 5.41) is 2.17. The fraction of sp³-hybridized carbons (Fsp3) is 0.714. The van der Waals surface area contributed by atoms with Crippen molar-refractivity contribution in [3.05, 3.63) is 20.8 Å². The first-order valence-corrected chi connectivity index (χ1v) is 8.66. The molecule has 3 rings (SSSR count). The smallest absolute Gasteiger partial charge is 0.0567 e. The molecule has 2 aliphatic rings. The molecule has 0 bridgehead atoms. The fourth-order valence-corrected chi connectivity index (χ4v) is 5.38. The first kappa shape index (κ1) is 13.1. The van der Waals surface area contributed by atoms with Gasteiger partial charge in [0, 0.05) is 27.3 Å². The second kappa shape index (κ2) is 5.61. The lowest BCUT2D eigenvalue weighted by Crippen LogP contribution is -2.46. The average Bonchev–Trinajstić information content (AvgIpc) is 2.99. The summed E-state index contributed by atoms with van der Waals surface area (Å²) in [6.45, 7) is 1.98. The van der Waals surface area contributed by atoms with Crippen molar-refractivity contribution < 1.29 is 0 Å². The van der Waals surface area contributed by atoms with Crippen molar-refractivity contribution >= 4 is 27.3 Å². The third-order valence-corrected chi connectivity index (χ3v) is 6.37. The molecular weight excluding hydrogens is 308 g/mol. The maximum absolute atomic E-state index is 6.08. The van der Waals surface area contributed by atoms with Gasteiger partial charge in [-0.05, 0) is 60.1 Å². The van der Waals surface area contributed by atoms with Gasteiger partial charge in [-0.15, -0.1) is 11.3 Å². The molecule has 1 saturated carbocycles. The van der Waals surface area contributed by atoms with Gasteiger partial charge in [0.2, 0.25) is 0 Å². The van der Waals surface area contributed by atoms with Crippen molar-refractivity contribution in [2.75, 3.05) is 13.1 Å². The summed E-state index contributed by atoms with van der Waals surface area (Å²) in [7, 11) is 0. The Labute approximate surface area is 122 Å². The molecule has 3 unspecified atom stereocenters. The van der Waals surface area contributed by atoms with E-state index >= 15 is 0 Å². The summed E-state index contributed by atoms with van der Waals surface area (Å²) >= 11 is 5.40. The molecular formula is C14H21BrN2S. The monoisotopic (exact) mass is 328 g/mol. The number of nitrogens with two attached hydrogens (primary N) is 1. The molecule has 18 heavy (non-hydrogen) atoms. The predicted octanol–water partition coefficient (Wildman–Crippen LogP) is 3.77. The van der Waals surface area contributed by atoms with E-state index < -0.39 is 0 Å². The number of halogens is 1. The van der Waals surface area contributed by atoms with Gasteiger partial charge in [0.05, 0.1) is 6.04 Å². The molecule has 0 amide bonds. The van der Waals surface area contributed by atoms with Crippen LogP contribution in [0, 0.1) is 5.92 Å². The van der Waals surface area contributed by atoms with Crippen LogP contribution in [0.3, 0.4) is 0 Å². The van der Waals surface area contributed by atoms with E-state index in [0.29, 0.717) is 6.04 Å². The summed E-state index contributed by atoms with van der Waals surface area (Å²) in [5.74, 6) is 0.941. The van der Waals surface area contributed by atoms with Gasteiger partial charge in [-0.3, -0.25) is 4.90 Å². The number of hydrogen-bond donors (Lipinski definition) is 1. The summed E-state index contributed by atoms with van der Waals surface area (Å²) in [6.07, 6.45) is 7.02. The predicted molar refractivity (Wildman–Crippen MR) is 80.9 cm³/mol. The Kier molecular flexibility index (Phi) is 4.09. The van der Waals surface area contributed by atoms with Crippen LogP contribution in [0.1, 0.15) is 43.0 Å². The zero-order chi connectivity index (χ0) is 12.5. The Balaban J connectivity index is 1.82. The highest BCUT2D eigenvalue weighted by molar-refractivity contribution is 9.10. The maximum Gasteiger partial charge on any atom is 0.0567 e. The van der Waals surface area contributed by atoms with Crippen LogP contribution in [0.5, 0.6) is 0 Å². The number of thiophene rings is 1. The van der Waals surface area contributed by atoms with Gasteiger partial charge in [0.25, 0.3) is 0 Å². The van der Waals surface area contributed by atoms with Gasteiger partial charge in [0.15, 0.2) is 0 Å². The molecule has 4 heteroatoms. The number of hydrogen-bond acceptors (Lipinski definition) is 3. The topological polar surface area (TPSA) is 29.3 Å². The van der Waals surface area contributed by atoms with Crippen LogP contribution >= 0.6 is 27.3 Å². The molecule has 1 saturated heterocycles. The molecule has 2 heterocycles. The van der Waals surface area contributed by atoms with E-state index in [-0.39, 0.29) is 0 Å². The molecule has 1 aliphatic heterocycles. The minimum Gasteiger partial charge on any atom is -0.329 e. The van der Waals surface area contributed by atoms with E-state index in [9.17, 15) is 0 Å². The lowest BCUT2D eigenvalue weighted by atomic mass is 9.90. The zero-order valence-electron chi connectivity index (χ0n) is 10.6. The van der Waals surface area contributed by atoms with Gasteiger partial charge in [0.1, 0.15) is 0 Å². The van der Waals surface area contributed by atoms with Crippen LogP contribution in [0.4, 0.5) is 0 Å². The molecule has 1 aromatic heterocycles. The van der Waals surface area contributed by atoms with Crippen molar-refractivity contribution in [2.45, 2.75) is 44.2 Å². The summed E-state index contributed by atoms with van der Waals surface area (Å²) in [6, 6.07) is 3.49. The van der Waals surface area contributed by atoms with E-state index in [1.54, 1.807) is 0 Å². The molecule has 0 radical (unpaired) electrons. The Hall–Kier alpha value is 0.1000. The third-order valence-electron chi connectivity index (χ3n) is 4.58. The lowest BCUT2D eigenvalue weighted by molar-refractivity contribution is 0.0716. The maximum atomic E-state index is 6.08. The van der Waals surface area contributed by atoms with Crippen LogP contribution < -0.4 is 5.73 Å². The highest BCUT2D eigenvalue weighted by atomic mass is 79.9. The first-order valence-electron chi connectivity index (χ1n) is 6.99. The standard InChI is InChI=1S/C14H21BrN2S/c15-11-7-14(18-9-11)13(8-16)17-6-2-4-10-3-1-5-12(10)17/h7,9-10,12-13H,1-6,8,16H2. The fourth-order valence-electron chi connectivity index (χ4n) is 3.80. The van der Waals surface area contributed by atoms with E-state index in [0.717, 1.165) is 18.5 Å². The second-order valence-electron chi connectivity index (χ2n) is 5.56. The van der Waals surface area contributed by atoms with Gasteiger partial charge in [-0.1, -0.05) is 6.42 Å². The molecule has 0 spiro atoms. The van der Waals surface area contributed by atoms with Crippen LogP contribution in [0.15, 0.2) is 15.9 Å². The second-order valence-corrected chi connectivity index (χ2v) is 7.42. The number of fused-ring (bicyclic) bond motifs is 1. The average molecular weight is 329 g/mol. The number of likely N-dealkylation sites (tertiary alicyclic amines) is 1. The molecule has 2 fully saturated rings. The van der Waals surface area contributed by atoms with Crippen LogP contribution in [0.25, 0.3) is 0 Å². The summed E-state index contributed by atoms with van der Waals surface area (Å²) in [5.41, 5.74) is 6.08. The van der Waals surface area contributed by atoms with Gasteiger partial charge < -0.3 is 5.73 Å². The van der Waals surface area contributed by atoms with Crippen molar-refractivity contribution in [1.82, 2.24) is 4.90 Å². The molecule has 100 valence electrons.